The van der Waals surface area contributed by atoms with Crippen LogP contribution in [0.25, 0.3) is 0 Å². The summed E-state index contributed by atoms with van der Waals surface area (Å²) in [6.45, 7) is 5.72. The van der Waals surface area contributed by atoms with Gasteiger partial charge in [0, 0.05) is 0 Å². The standard InChI is InChI=1S/C16H30O3Se/c1-16(2,3)18-19-20(17)15-13-11-9-7-5-4-6-8-10-12-14-15/h11,13,15H,4-10,12,14H2,1-3H3/b13-11-. The summed E-state index contributed by atoms with van der Waals surface area (Å²) in [6.07, 6.45) is 15.3. The zero-order valence-electron chi connectivity index (χ0n) is 13.2. The monoisotopic (exact) mass is 350 g/mol. The minimum absolute atomic E-state index is 0.0526. The van der Waals surface area contributed by atoms with Crippen molar-refractivity contribution in [1.82, 2.24) is 0 Å². The van der Waals surface area contributed by atoms with Crippen molar-refractivity contribution in [3.63, 3.8) is 0 Å². The van der Waals surface area contributed by atoms with E-state index in [1.54, 1.807) is 0 Å². The van der Waals surface area contributed by atoms with Gasteiger partial charge >= 0.3 is 128 Å². The molecule has 0 aliphatic heterocycles. The second kappa shape index (κ2) is 9.83. The number of hydrogen-bond donors (Lipinski definition) is 0. The molecule has 0 saturated heterocycles. The van der Waals surface area contributed by atoms with Crippen LogP contribution >= 0.6 is 0 Å². The number of rotatable bonds is 3. The molecule has 1 aliphatic carbocycles. The molecule has 0 aromatic carbocycles. The molecule has 0 amide bonds. The van der Waals surface area contributed by atoms with Crippen molar-refractivity contribution in [3.8, 4) is 0 Å². The van der Waals surface area contributed by atoms with Crippen LogP contribution in [0.2, 0.25) is 4.82 Å². The van der Waals surface area contributed by atoms with E-state index in [9.17, 15) is 3.83 Å². The van der Waals surface area contributed by atoms with Crippen LogP contribution in [0.3, 0.4) is 0 Å². The molecule has 2 atom stereocenters. The molecule has 0 radical (unpaired) electrons. The topological polar surface area (TPSA) is 35.5 Å². The van der Waals surface area contributed by atoms with E-state index in [4.69, 9.17) is 8.86 Å². The molecular weight excluding hydrogens is 319 g/mol. The zero-order chi connectivity index (χ0) is 14.8. The van der Waals surface area contributed by atoms with Gasteiger partial charge in [-0.25, -0.2) is 0 Å². The van der Waals surface area contributed by atoms with E-state index in [1.807, 2.05) is 20.8 Å². The Hall–Kier alpha value is -0.0205. The molecular formula is C16H30O3Se. The molecule has 0 fully saturated rings. The fraction of sp³-hybridized carbons (Fsp3) is 0.875. The Morgan fingerprint density at radius 1 is 1.00 bits per heavy atom. The van der Waals surface area contributed by atoms with Crippen molar-refractivity contribution in [2.45, 2.75) is 89.0 Å². The van der Waals surface area contributed by atoms with Gasteiger partial charge in [0.25, 0.3) is 0 Å². The fourth-order valence-electron chi connectivity index (χ4n) is 2.18. The van der Waals surface area contributed by atoms with E-state index in [0.29, 0.717) is 0 Å². The van der Waals surface area contributed by atoms with Gasteiger partial charge in [-0.1, -0.05) is 0 Å². The van der Waals surface area contributed by atoms with Gasteiger partial charge in [0.15, 0.2) is 0 Å². The number of allylic oxidation sites excluding steroid dienone is 2. The first kappa shape index (κ1) is 18.0. The van der Waals surface area contributed by atoms with Gasteiger partial charge in [-0.2, -0.15) is 0 Å². The van der Waals surface area contributed by atoms with Crippen LogP contribution in [0.1, 0.15) is 78.6 Å². The second-order valence-corrected chi connectivity index (χ2v) is 9.19. The Balaban J connectivity index is 2.48. The van der Waals surface area contributed by atoms with E-state index in [-0.39, 0.29) is 4.82 Å². The molecule has 1 aliphatic rings. The average molecular weight is 349 g/mol. The quantitative estimate of drug-likeness (QED) is 0.308. The second-order valence-electron chi connectivity index (χ2n) is 6.54. The van der Waals surface area contributed by atoms with Crippen molar-refractivity contribution < 1.29 is 12.7 Å². The Bertz CT molecular complexity index is 307. The molecule has 118 valence electrons. The van der Waals surface area contributed by atoms with Crippen molar-refractivity contribution in [2.24, 2.45) is 0 Å². The maximum atomic E-state index is 12.3. The first-order chi connectivity index (χ1) is 9.49. The molecule has 0 aromatic rings. The molecule has 4 heteroatoms. The summed E-state index contributed by atoms with van der Waals surface area (Å²) < 4.78 is 17.5. The fourth-order valence-corrected chi connectivity index (χ4v) is 4.22. The van der Waals surface area contributed by atoms with Crippen molar-refractivity contribution in [2.75, 3.05) is 0 Å². The Morgan fingerprint density at radius 2 is 1.60 bits per heavy atom. The van der Waals surface area contributed by atoms with Crippen LogP contribution in [0.15, 0.2) is 12.2 Å². The van der Waals surface area contributed by atoms with Gasteiger partial charge in [0.2, 0.25) is 0 Å². The molecule has 0 N–H and O–H groups in total. The predicted molar refractivity (Wildman–Crippen MR) is 82.8 cm³/mol. The van der Waals surface area contributed by atoms with Gasteiger partial charge < -0.3 is 0 Å². The SMILES string of the molecule is CC(C)(C)OO[Se](=O)C1/C=C\CCCCCCCCC1. The maximum absolute atomic E-state index is 12.3. The molecule has 0 spiro atoms. The van der Waals surface area contributed by atoms with Gasteiger partial charge in [0.05, 0.1) is 0 Å². The average Bonchev–Trinajstić information content (AvgIpc) is 2.36. The Morgan fingerprint density at radius 3 is 2.25 bits per heavy atom. The summed E-state index contributed by atoms with van der Waals surface area (Å²) in [6, 6.07) is 0. The summed E-state index contributed by atoms with van der Waals surface area (Å²) in [7, 11) is 0. The summed E-state index contributed by atoms with van der Waals surface area (Å²) >= 11 is -2.41. The third-order valence-corrected chi connectivity index (χ3v) is 5.59. The van der Waals surface area contributed by atoms with Crippen LogP contribution in [0.5, 0.6) is 0 Å². The van der Waals surface area contributed by atoms with Crippen LogP contribution in [-0.4, -0.2) is 19.8 Å². The Kier molecular flexibility index (Phi) is 8.86. The summed E-state index contributed by atoms with van der Waals surface area (Å²) in [5, 5.41) is 0. The van der Waals surface area contributed by atoms with Crippen LogP contribution in [0, 0.1) is 0 Å². The molecule has 0 saturated carbocycles. The first-order valence-electron chi connectivity index (χ1n) is 7.92. The van der Waals surface area contributed by atoms with E-state index in [2.05, 4.69) is 12.2 Å². The van der Waals surface area contributed by atoms with E-state index in [0.717, 1.165) is 19.3 Å². The molecule has 2 unspecified atom stereocenters. The third kappa shape index (κ3) is 9.01. The molecule has 0 aromatic heterocycles. The first-order valence-corrected chi connectivity index (χ1v) is 10.3. The summed E-state index contributed by atoms with van der Waals surface area (Å²) in [4.78, 5) is 5.28. The number of hydrogen-bond acceptors (Lipinski definition) is 3. The minimum atomic E-state index is -2.41. The van der Waals surface area contributed by atoms with Crippen molar-refractivity contribution >= 4 is 14.2 Å². The van der Waals surface area contributed by atoms with Gasteiger partial charge in [-0.05, 0) is 0 Å². The predicted octanol–water partition coefficient (Wildman–Crippen LogP) is 5.10. The molecule has 3 nitrogen and oxygen atoms in total. The Labute approximate surface area is 128 Å². The van der Waals surface area contributed by atoms with Crippen LogP contribution in [0.4, 0.5) is 0 Å². The zero-order valence-corrected chi connectivity index (χ0v) is 14.9. The van der Waals surface area contributed by atoms with E-state index >= 15 is 0 Å². The normalized spacial score (nSPS) is 26.2. The molecule has 0 heterocycles. The summed E-state index contributed by atoms with van der Waals surface area (Å²) in [5.74, 6) is 0. The van der Waals surface area contributed by atoms with Crippen LogP contribution in [-0.2, 0) is 12.7 Å². The van der Waals surface area contributed by atoms with Gasteiger partial charge in [-0.15, -0.1) is 0 Å². The summed E-state index contributed by atoms with van der Waals surface area (Å²) in [5.41, 5.74) is -0.402. The molecule has 20 heavy (non-hydrogen) atoms. The third-order valence-electron chi connectivity index (χ3n) is 3.31. The van der Waals surface area contributed by atoms with E-state index < -0.39 is 19.8 Å². The molecule has 1 rings (SSSR count). The molecule has 0 bridgehead atoms. The van der Waals surface area contributed by atoms with Crippen LogP contribution < -0.4 is 0 Å². The van der Waals surface area contributed by atoms with E-state index in [1.165, 1.54) is 38.5 Å². The van der Waals surface area contributed by atoms with Gasteiger partial charge in [-0.3, -0.25) is 0 Å². The van der Waals surface area contributed by atoms with Gasteiger partial charge in [0.1, 0.15) is 0 Å². The van der Waals surface area contributed by atoms with Crippen molar-refractivity contribution in [1.29, 1.82) is 0 Å². The van der Waals surface area contributed by atoms with Crippen molar-refractivity contribution in [3.05, 3.63) is 12.2 Å².